The summed E-state index contributed by atoms with van der Waals surface area (Å²) in [6.45, 7) is 3.39. The third-order valence-electron chi connectivity index (χ3n) is 4.09. The molecule has 0 saturated heterocycles. The van der Waals surface area contributed by atoms with E-state index >= 15 is 0 Å². The van der Waals surface area contributed by atoms with Crippen molar-refractivity contribution in [3.63, 3.8) is 0 Å². The highest BCUT2D eigenvalue weighted by Gasteiger charge is 2.27. The molecule has 0 amide bonds. The van der Waals surface area contributed by atoms with E-state index in [9.17, 15) is 0 Å². The zero-order chi connectivity index (χ0) is 11.2. The minimum atomic E-state index is 0.811. The Morgan fingerprint density at radius 3 is 2.38 bits per heavy atom. The summed E-state index contributed by atoms with van der Waals surface area (Å²) in [5.41, 5.74) is 0. The first-order valence-electron chi connectivity index (χ1n) is 7.29. The number of rotatable bonds is 4. The van der Waals surface area contributed by atoms with E-state index in [2.05, 4.69) is 24.0 Å². The van der Waals surface area contributed by atoms with Crippen molar-refractivity contribution in [1.82, 2.24) is 5.32 Å². The SMILES string of the molecule is CCNC1CCCCC1SC1CCCCC1. The molecule has 0 aliphatic heterocycles. The van der Waals surface area contributed by atoms with Crippen LogP contribution >= 0.6 is 11.8 Å². The first-order chi connectivity index (χ1) is 7.90. The monoisotopic (exact) mass is 241 g/mol. The predicted molar refractivity (Wildman–Crippen MR) is 74.2 cm³/mol. The number of thioether (sulfide) groups is 1. The van der Waals surface area contributed by atoms with Gasteiger partial charge in [0.15, 0.2) is 0 Å². The lowest BCUT2D eigenvalue weighted by molar-refractivity contribution is 0.388. The Labute approximate surface area is 105 Å². The van der Waals surface area contributed by atoms with Crippen LogP contribution in [-0.2, 0) is 0 Å². The van der Waals surface area contributed by atoms with Crippen molar-refractivity contribution >= 4 is 11.8 Å². The molecule has 2 aliphatic rings. The molecule has 0 aromatic heterocycles. The van der Waals surface area contributed by atoms with Crippen LogP contribution in [0.5, 0.6) is 0 Å². The molecule has 0 bridgehead atoms. The van der Waals surface area contributed by atoms with Gasteiger partial charge in [-0.05, 0) is 32.2 Å². The van der Waals surface area contributed by atoms with E-state index in [0.29, 0.717) is 0 Å². The largest absolute Gasteiger partial charge is 0.313 e. The van der Waals surface area contributed by atoms with Crippen molar-refractivity contribution in [2.75, 3.05) is 6.54 Å². The summed E-state index contributed by atoms with van der Waals surface area (Å²) < 4.78 is 0. The van der Waals surface area contributed by atoms with Gasteiger partial charge in [0.2, 0.25) is 0 Å². The highest BCUT2D eigenvalue weighted by atomic mass is 32.2. The van der Waals surface area contributed by atoms with Crippen LogP contribution < -0.4 is 5.32 Å². The molecule has 2 atom stereocenters. The first kappa shape index (κ1) is 12.8. The molecule has 2 fully saturated rings. The lowest BCUT2D eigenvalue weighted by Crippen LogP contribution is -2.41. The van der Waals surface area contributed by atoms with E-state index in [1.165, 1.54) is 57.8 Å². The molecule has 94 valence electrons. The molecule has 1 N–H and O–H groups in total. The number of hydrogen-bond acceptors (Lipinski definition) is 2. The molecule has 0 aromatic rings. The van der Waals surface area contributed by atoms with Crippen LogP contribution in [0, 0.1) is 0 Å². The molecule has 0 spiro atoms. The van der Waals surface area contributed by atoms with Crippen LogP contribution in [0.4, 0.5) is 0 Å². The minimum absolute atomic E-state index is 0.811. The zero-order valence-corrected chi connectivity index (χ0v) is 11.5. The van der Waals surface area contributed by atoms with Gasteiger partial charge in [-0.15, -0.1) is 0 Å². The molecule has 2 saturated carbocycles. The maximum atomic E-state index is 3.70. The number of nitrogens with one attached hydrogen (secondary N) is 1. The van der Waals surface area contributed by atoms with Gasteiger partial charge in [-0.25, -0.2) is 0 Å². The molecule has 2 unspecified atom stereocenters. The van der Waals surface area contributed by atoms with Gasteiger partial charge < -0.3 is 5.32 Å². The lowest BCUT2D eigenvalue weighted by atomic mass is 9.95. The fraction of sp³-hybridized carbons (Fsp3) is 1.00. The summed E-state index contributed by atoms with van der Waals surface area (Å²) in [5.74, 6) is 0. The fourth-order valence-electron chi connectivity index (χ4n) is 3.20. The van der Waals surface area contributed by atoms with Crippen LogP contribution in [0.2, 0.25) is 0 Å². The highest BCUT2D eigenvalue weighted by molar-refractivity contribution is 8.00. The van der Waals surface area contributed by atoms with E-state index in [4.69, 9.17) is 0 Å². The topological polar surface area (TPSA) is 12.0 Å². The number of hydrogen-bond donors (Lipinski definition) is 1. The molecule has 2 rings (SSSR count). The van der Waals surface area contributed by atoms with Crippen molar-refractivity contribution in [2.45, 2.75) is 81.3 Å². The Balaban J connectivity index is 1.80. The third-order valence-corrected chi connectivity index (χ3v) is 5.86. The van der Waals surface area contributed by atoms with Gasteiger partial charge in [-0.2, -0.15) is 11.8 Å². The zero-order valence-electron chi connectivity index (χ0n) is 10.7. The van der Waals surface area contributed by atoms with E-state index < -0.39 is 0 Å². The summed E-state index contributed by atoms with van der Waals surface area (Å²) in [7, 11) is 0. The van der Waals surface area contributed by atoms with Gasteiger partial charge in [-0.3, -0.25) is 0 Å². The Bertz CT molecular complexity index is 187. The van der Waals surface area contributed by atoms with Crippen molar-refractivity contribution in [3.05, 3.63) is 0 Å². The highest BCUT2D eigenvalue weighted by Crippen LogP contribution is 2.37. The van der Waals surface area contributed by atoms with Crippen molar-refractivity contribution in [2.24, 2.45) is 0 Å². The summed E-state index contributed by atoms with van der Waals surface area (Å²) in [6.07, 6.45) is 13.2. The molecule has 0 aromatic carbocycles. The van der Waals surface area contributed by atoms with E-state index in [1.54, 1.807) is 0 Å². The van der Waals surface area contributed by atoms with Crippen LogP contribution in [0.1, 0.15) is 64.7 Å². The second-order valence-corrected chi connectivity index (χ2v) is 6.93. The van der Waals surface area contributed by atoms with E-state index in [1.807, 2.05) is 0 Å². The fourth-order valence-corrected chi connectivity index (χ4v) is 5.03. The summed E-state index contributed by atoms with van der Waals surface area (Å²) in [5, 5.41) is 5.60. The molecule has 2 heteroatoms. The van der Waals surface area contributed by atoms with Crippen LogP contribution in [0.25, 0.3) is 0 Å². The lowest BCUT2D eigenvalue weighted by Gasteiger charge is -2.35. The quantitative estimate of drug-likeness (QED) is 0.799. The van der Waals surface area contributed by atoms with Gasteiger partial charge in [-0.1, -0.05) is 39.0 Å². The van der Waals surface area contributed by atoms with Gasteiger partial charge in [0.05, 0.1) is 0 Å². The van der Waals surface area contributed by atoms with E-state index in [0.717, 1.165) is 23.1 Å². The second kappa shape index (κ2) is 6.90. The summed E-state index contributed by atoms with van der Waals surface area (Å²) in [4.78, 5) is 0. The van der Waals surface area contributed by atoms with Crippen LogP contribution in [-0.4, -0.2) is 23.1 Å². The van der Waals surface area contributed by atoms with Crippen LogP contribution in [0.15, 0.2) is 0 Å². The molecule has 1 nitrogen and oxygen atoms in total. The predicted octanol–water partition coefficient (Wildman–Crippen LogP) is 3.97. The normalized spacial score (nSPS) is 32.8. The van der Waals surface area contributed by atoms with Gasteiger partial charge in [0.1, 0.15) is 0 Å². The van der Waals surface area contributed by atoms with Crippen molar-refractivity contribution in [1.29, 1.82) is 0 Å². The van der Waals surface area contributed by atoms with E-state index in [-0.39, 0.29) is 0 Å². The average Bonchev–Trinajstić information content (AvgIpc) is 2.33. The second-order valence-electron chi connectivity index (χ2n) is 5.38. The minimum Gasteiger partial charge on any atom is -0.313 e. The summed E-state index contributed by atoms with van der Waals surface area (Å²) >= 11 is 2.33. The Morgan fingerprint density at radius 1 is 0.938 bits per heavy atom. The molecule has 0 heterocycles. The van der Waals surface area contributed by atoms with Gasteiger partial charge in [0.25, 0.3) is 0 Å². The standard InChI is InChI=1S/C14H27NS/c1-2-15-13-10-6-7-11-14(13)16-12-8-4-3-5-9-12/h12-15H,2-11H2,1H3. The molecule has 16 heavy (non-hydrogen) atoms. The first-order valence-corrected chi connectivity index (χ1v) is 8.23. The van der Waals surface area contributed by atoms with Crippen molar-refractivity contribution < 1.29 is 0 Å². The Morgan fingerprint density at radius 2 is 1.62 bits per heavy atom. The van der Waals surface area contributed by atoms with Crippen LogP contribution in [0.3, 0.4) is 0 Å². The smallest absolute Gasteiger partial charge is 0.0203 e. The Kier molecular flexibility index (Phi) is 5.51. The maximum absolute atomic E-state index is 3.70. The maximum Gasteiger partial charge on any atom is 0.0203 e. The molecular weight excluding hydrogens is 214 g/mol. The molecular formula is C14H27NS. The van der Waals surface area contributed by atoms with Gasteiger partial charge >= 0.3 is 0 Å². The molecule has 0 radical (unpaired) electrons. The average molecular weight is 241 g/mol. The Hall–Kier alpha value is 0.310. The summed E-state index contributed by atoms with van der Waals surface area (Å²) in [6, 6.07) is 0.811. The molecule has 2 aliphatic carbocycles. The third kappa shape index (κ3) is 3.66. The van der Waals surface area contributed by atoms with Gasteiger partial charge in [0, 0.05) is 16.5 Å². The van der Waals surface area contributed by atoms with Crippen molar-refractivity contribution in [3.8, 4) is 0 Å².